The van der Waals surface area contributed by atoms with Gasteiger partial charge in [-0.3, -0.25) is 9.69 Å². The number of hydrogen-bond acceptors (Lipinski definition) is 5. The van der Waals surface area contributed by atoms with Gasteiger partial charge in [0, 0.05) is 40.8 Å². The molecule has 0 bridgehead atoms. The van der Waals surface area contributed by atoms with Gasteiger partial charge >= 0.3 is 6.18 Å². The van der Waals surface area contributed by atoms with Crippen molar-refractivity contribution in [3.63, 3.8) is 0 Å². The van der Waals surface area contributed by atoms with E-state index in [1.807, 2.05) is 30.3 Å². The van der Waals surface area contributed by atoms with E-state index in [1.165, 1.54) is 4.57 Å². The number of fused-ring (bicyclic) bond motifs is 1. The van der Waals surface area contributed by atoms with Crippen molar-refractivity contribution >= 4 is 40.7 Å². The van der Waals surface area contributed by atoms with Gasteiger partial charge in [0.1, 0.15) is 12.3 Å². The quantitative estimate of drug-likeness (QED) is 0.291. The zero-order chi connectivity index (χ0) is 25.7. The third-order valence-electron chi connectivity index (χ3n) is 6.14. The fraction of sp³-hybridized carbons (Fsp3) is 0.370. The van der Waals surface area contributed by atoms with E-state index in [0.717, 1.165) is 47.6 Å². The molecule has 0 atom stereocenters. The van der Waals surface area contributed by atoms with Crippen molar-refractivity contribution in [2.75, 3.05) is 36.8 Å². The fourth-order valence-electron chi connectivity index (χ4n) is 4.49. The van der Waals surface area contributed by atoms with Gasteiger partial charge in [0.15, 0.2) is 0 Å². The van der Waals surface area contributed by atoms with Crippen LogP contribution >= 0.6 is 12.6 Å². The van der Waals surface area contributed by atoms with Crippen molar-refractivity contribution in [2.24, 2.45) is 0 Å². The summed E-state index contributed by atoms with van der Waals surface area (Å²) in [5.41, 5.74) is 2.47. The number of likely N-dealkylation sites (tertiary alicyclic amines) is 1. The molecule has 0 aliphatic carbocycles. The number of nitrogens with one attached hydrogen (secondary N) is 2. The molecule has 1 fully saturated rings. The number of hydrogen-bond donors (Lipinski definition) is 3. The van der Waals surface area contributed by atoms with Crippen LogP contribution in [0.5, 0.6) is 0 Å². The Morgan fingerprint density at radius 2 is 1.86 bits per heavy atom. The Balaban J connectivity index is 1.54. The molecule has 0 unspecified atom stereocenters. The number of carbonyl (C=O) groups excluding carboxylic acids is 1. The average molecular weight is 515 g/mol. The van der Waals surface area contributed by atoms with Gasteiger partial charge in [-0.2, -0.15) is 13.2 Å². The summed E-state index contributed by atoms with van der Waals surface area (Å²) < 4.78 is 41.5. The fourth-order valence-corrected chi connectivity index (χ4v) is 4.64. The Kier molecular flexibility index (Phi) is 8.17. The van der Waals surface area contributed by atoms with E-state index in [1.54, 1.807) is 25.1 Å². The Bertz CT molecular complexity index is 1270. The zero-order valence-electron chi connectivity index (χ0n) is 20.0. The minimum Gasteiger partial charge on any atom is -0.382 e. The van der Waals surface area contributed by atoms with Crippen molar-refractivity contribution in [1.82, 2.24) is 9.47 Å². The van der Waals surface area contributed by atoms with Gasteiger partial charge in [-0.25, -0.2) is 0 Å². The first-order chi connectivity index (χ1) is 17.2. The molecule has 1 saturated heterocycles. The van der Waals surface area contributed by atoms with Crippen molar-refractivity contribution in [1.29, 1.82) is 0 Å². The predicted molar refractivity (Wildman–Crippen MR) is 141 cm³/mol. The molecule has 36 heavy (non-hydrogen) atoms. The molecule has 0 amide bonds. The molecular weight excluding hydrogens is 485 g/mol. The first-order valence-electron chi connectivity index (χ1n) is 11.9. The summed E-state index contributed by atoms with van der Waals surface area (Å²) in [5, 5.41) is 7.39. The molecule has 2 aromatic carbocycles. The van der Waals surface area contributed by atoms with Gasteiger partial charge in [0.25, 0.3) is 0 Å². The molecule has 1 aliphatic heterocycles. The van der Waals surface area contributed by atoms with Crippen molar-refractivity contribution in [2.45, 2.75) is 43.4 Å². The molecule has 4 rings (SSSR count). The summed E-state index contributed by atoms with van der Waals surface area (Å²) in [6.07, 6.45) is -2.65. The molecule has 1 aromatic heterocycles. The number of ketones is 1. The molecule has 1 aliphatic rings. The lowest BCUT2D eigenvalue weighted by Gasteiger charge is -2.32. The lowest BCUT2D eigenvalue weighted by atomic mass is 10.0. The van der Waals surface area contributed by atoms with Crippen LogP contribution in [0.15, 0.2) is 53.4 Å². The molecule has 9 heteroatoms. The number of nitrogens with zero attached hydrogens (tertiary/aromatic N) is 2. The van der Waals surface area contributed by atoms with Gasteiger partial charge in [-0.1, -0.05) is 12.0 Å². The summed E-state index contributed by atoms with van der Waals surface area (Å²) in [7, 11) is 0. The summed E-state index contributed by atoms with van der Waals surface area (Å²) in [6.45, 7) is 2.85. The van der Waals surface area contributed by atoms with E-state index in [-0.39, 0.29) is 11.8 Å². The minimum absolute atomic E-state index is 0.150. The Hall–Kier alpha value is -3.09. The molecule has 3 aromatic rings. The summed E-state index contributed by atoms with van der Waals surface area (Å²) in [5.74, 6) is 6.03. The predicted octanol–water partition coefficient (Wildman–Crippen LogP) is 5.42. The highest BCUT2D eigenvalue weighted by atomic mass is 32.1. The Labute approximate surface area is 214 Å². The molecule has 5 nitrogen and oxygen atoms in total. The monoisotopic (exact) mass is 514 g/mol. The summed E-state index contributed by atoms with van der Waals surface area (Å²) in [4.78, 5) is 14.4. The van der Waals surface area contributed by atoms with E-state index in [4.69, 9.17) is 0 Å². The summed E-state index contributed by atoms with van der Waals surface area (Å²) >= 11 is 4.25. The topological polar surface area (TPSA) is 49.3 Å². The van der Waals surface area contributed by atoms with Gasteiger partial charge in [-0.15, -0.1) is 12.6 Å². The second-order valence-electron chi connectivity index (χ2n) is 9.07. The average Bonchev–Trinajstić information content (AvgIpc) is 3.16. The number of anilines is 2. The van der Waals surface area contributed by atoms with E-state index in [2.05, 4.69) is 40.0 Å². The third kappa shape index (κ3) is 6.99. The lowest BCUT2D eigenvalue weighted by Crippen LogP contribution is -2.41. The number of rotatable bonds is 7. The molecule has 2 N–H and O–H groups in total. The maximum atomic E-state index is 13.4. The van der Waals surface area contributed by atoms with Crippen molar-refractivity contribution < 1.29 is 18.0 Å². The second kappa shape index (κ2) is 11.3. The maximum Gasteiger partial charge on any atom is 0.406 e. The number of aromatic nitrogens is 1. The van der Waals surface area contributed by atoms with Gasteiger partial charge in [0.05, 0.1) is 24.3 Å². The van der Waals surface area contributed by atoms with E-state index < -0.39 is 12.7 Å². The number of thiol groups is 1. The Morgan fingerprint density at radius 3 is 2.53 bits per heavy atom. The van der Waals surface area contributed by atoms with Gasteiger partial charge < -0.3 is 15.2 Å². The van der Waals surface area contributed by atoms with Crippen LogP contribution < -0.4 is 10.6 Å². The molecule has 0 spiro atoms. The van der Waals surface area contributed by atoms with Crippen LogP contribution in [0.2, 0.25) is 0 Å². The number of Topliss-reactive ketones (excluding diaryl/α,β-unsaturated/α-hetero) is 1. The largest absolute Gasteiger partial charge is 0.406 e. The van der Waals surface area contributed by atoms with Crippen molar-refractivity contribution in [3.05, 3.63) is 54.2 Å². The van der Waals surface area contributed by atoms with E-state index >= 15 is 0 Å². The SMILES string of the molecule is CC(=O)CN1CCC(Nc2cccc3c2cc(C#CCNc2ccc(S)cc2)n3CC(F)(F)F)CC1. The van der Waals surface area contributed by atoms with E-state index in [0.29, 0.717) is 24.3 Å². The number of alkyl halides is 3. The molecule has 190 valence electrons. The molecule has 2 heterocycles. The van der Waals surface area contributed by atoms with Crippen LogP contribution in [-0.4, -0.2) is 53.6 Å². The van der Waals surface area contributed by atoms with Crippen LogP contribution in [0.4, 0.5) is 24.5 Å². The normalized spacial score (nSPS) is 14.9. The highest BCUT2D eigenvalue weighted by molar-refractivity contribution is 7.80. The van der Waals surface area contributed by atoms with Crippen molar-refractivity contribution in [3.8, 4) is 11.8 Å². The van der Waals surface area contributed by atoms with Gasteiger partial charge in [-0.05, 0) is 68.2 Å². The number of benzene rings is 2. The number of piperidine rings is 1. The van der Waals surface area contributed by atoms with Crippen LogP contribution in [-0.2, 0) is 11.3 Å². The maximum absolute atomic E-state index is 13.4. The van der Waals surface area contributed by atoms with Crippen LogP contribution in [0.3, 0.4) is 0 Å². The first-order valence-corrected chi connectivity index (χ1v) is 12.3. The molecular formula is C27H29F3N4OS. The molecule has 0 saturated carbocycles. The first kappa shape index (κ1) is 26.0. The van der Waals surface area contributed by atoms with Gasteiger partial charge in [0.2, 0.25) is 0 Å². The smallest absolute Gasteiger partial charge is 0.382 e. The van der Waals surface area contributed by atoms with Crippen LogP contribution in [0.25, 0.3) is 10.9 Å². The number of halogens is 3. The highest BCUT2D eigenvalue weighted by Gasteiger charge is 2.30. The second-order valence-corrected chi connectivity index (χ2v) is 9.58. The third-order valence-corrected chi connectivity index (χ3v) is 6.44. The molecule has 0 radical (unpaired) electrons. The van der Waals surface area contributed by atoms with Crippen LogP contribution in [0, 0.1) is 11.8 Å². The minimum atomic E-state index is -4.37. The Morgan fingerprint density at radius 1 is 1.14 bits per heavy atom. The van der Waals surface area contributed by atoms with Crippen LogP contribution in [0.1, 0.15) is 25.5 Å². The highest BCUT2D eigenvalue weighted by Crippen LogP contribution is 2.31. The lowest BCUT2D eigenvalue weighted by molar-refractivity contribution is -0.140. The zero-order valence-corrected chi connectivity index (χ0v) is 20.9. The number of carbonyl (C=O) groups is 1. The standard InChI is InChI=1S/C27H29F3N4OS/c1-19(35)17-33-14-11-21(12-15-33)32-25-5-2-6-26-24(25)16-22(34(26)18-27(28,29)30)4-3-13-31-20-7-9-23(36)10-8-20/h2,5-10,16,21,31-32,36H,11-15,17-18H2,1H3. The van der Waals surface area contributed by atoms with E-state index in [9.17, 15) is 18.0 Å². The summed E-state index contributed by atoms with van der Waals surface area (Å²) in [6, 6.07) is 14.7.